The standard InChI is InChI=1S/C26H31N5O3/c1-19-25(20(2)31(29-19)23-9-4-3-5-10-23)26(33)27-18-21-7-6-8-22(17-21)28-24(32)11-12-30-13-15-34-16-14-30/h3-10,17H,11-16,18H2,1-2H3,(H,27,33)(H,28,32). The Bertz CT molecular complexity index is 1140. The number of morpholine rings is 1. The molecule has 2 amide bonds. The van der Waals surface area contributed by atoms with Crippen LogP contribution in [-0.4, -0.2) is 59.3 Å². The number of rotatable bonds is 8. The fourth-order valence-electron chi connectivity index (χ4n) is 4.13. The number of benzene rings is 2. The summed E-state index contributed by atoms with van der Waals surface area (Å²) in [6, 6.07) is 17.3. The second kappa shape index (κ2) is 11.1. The van der Waals surface area contributed by atoms with E-state index in [1.165, 1.54) is 0 Å². The minimum Gasteiger partial charge on any atom is -0.379 e. The van der Waals surface area contributed by atoms with Crippen LogP contribution < -0.4 is 10.6 Å². The minimum atomic E-state index is -0.169. The molecule has 34 heavy (non-hydrogen) atoms. The van der Waals surface area contributed by atoms with Gasteiger partial charge in [0.2, 0.25) is 5.91 Å². The number of amides is 2. The van der Waals surface area contributed by atoms with Gasteiger partial charge in [0.1, 0.15) is 0 Å². The maximum Gasteiger partial charge on any atom is 0.255 e. The van der Waals surface area contributed by atoms with Crippen LogP contribution >= 0.6 is 0 Å². The summed E-state index contributed by atoms with van der Waals surface area (Å²) in [5, 5.41) is 10.5. The van der Waals surface area contributed by atoms with Crippen LogP contribution in [0.5, 0.6) is 0 Å². The average molecular weight is 462 g/mol. The number of aryl methyl sites for hydroxylation is 1. The molecular formula is C26H31N5O3. The fourth-order valence-corrected chi connectivity index (χ4v) is 4.13. The van der Waals surface area contributed by atoms with E-state index in [9.17, 15) is 9.59 Å². The number of nitrogens with one attached hydrogen (secondary N) is 2. The minimum absolute atomic E-state index is 0.0211. The largest absolute Gasteiger partial charge is 0.379 e. The lowest BCUT2D eigenvalue weighted by molar-refractivity contribution is -0.116. The molecule has 4 rings (SSSR count). The molecule has 2 N–H and O–H groups in total. The molecule has 2 heterocycles. The first-order chi connectivity index (χ1) is 16.5. The van der Waals surface area contributed by atoms with Crippen LogP contribution in [0.4, 0.5) is 5.69 Å². The Kier molecular flexibility index (Phi) is 7.72. The van der Waals surface area contributed by atoms with Crippen molar-refractivity contribution in [3.05, 3.63) is 77.1 Å². The van der Waals surface area contributed by atoms with Gasteiger partial charge in [0.05, 0.1) is 35.9 Å². The first kappa shape index (κ1) is 23.7. The molecule has 8 heteroatoms. The zero-order valence-corrected chi connectivity index (χ0v) is 19.7. The third-order valence-corrected chi connectivity index (χ3v) is 5.94. The van der Waals surface area contributed by atoms with Crippen molar-refractivity contribution < 1.29 is 14.3 Å². The third-order valence-electron chi connectivity index (χ3n) is 5.94. The molecule has 0 aliphatic carbocycles. The maximum absolute atomic E-state index is 13.0. The van der Waals surface area contributed by atoms with Crippen molar-refractivity contribution in [2.24, 2.45) is 0 Å². The molecule has 0 saturated carbocycles. The first-order valence-electron chi connectivity index (χ1n) is 11.6. The van der Waals surface area contributed by atoms with Crippen molar-refractivity contribution in [1.29, 1.82) is 0 Å². The highest BCUT2D eigenvalue weighted by atomic mass is 16.5. The number of para-hydroxylation sites is 1. The summed E-state index contributed by atoms with van der Waals surface area (Å²) >= 11 is 0. The lowest BCUT2D eigenvalue weighted by atomic mass is 10.1. The number of nitrogens with zero attached hydrogens (tertiary/aromatic N) is 3. The highest BCUT2D eigenvalue weighted by Crippen LogP contribution is 2.18. The van der Waals surface area contributed by atoms with E-state index in [-0.39, 0.29) is 11.8 Å². The molecule has 0 spiro atoms. The van der Waals surface area contributed by atoms with Crippen molar-refractivity contribution >= 4 is 17.5 Å². The van der Waals surface area contributed by atoms with Gasteiger partial charge in [0.25, 0.3) is 5.91 Å². The van der Waals surface area contributed by atoms with Gasteiger partial charge >= 0.3 is 0 Å². The highest BCUT2D eigenvalue weighted by molar-refractivity contribution is 5.96. The van der Waals surface area contributed by atoms with E-state index in [4.69, 9.17) is 4.74 Å². The topological polar surface area (TPSA) is 88.5 Å². The Morgan fingerprint density at radius 1 is 1.03 bits per heavy atom. The normalized spacial score (nSPS) is 14.1. The van der Waals surface area contributed by atoms with Gasteiger partial charge in [0.15, 0.2) is 0 Å². The Morgan fingerprint density at radius 3 is 2.56 bits per heavy atom. The van der Waals surface area contributed by atoms with E-state index in [2.05, 4.69) is 20.6 Å². The summed E-state index contributed by atoms with van der Waals surface area (Å²) < 4.78 is 7.13. The number of hydrogen-bond donors (Lipinski definition) is 2. The molecular weight excluding hydrogens is 430 g/mol. The summed E-state index contributed by atoms with van der Waals surface area (Å²) in [5.74, 6) is -0.190. The molecule has 0 atom stereocenters. The molecule has 1 aliphatic rings. The fraction of sp³-hybridized carbons (Fsp3) is 0.346. The predicted molar refractivity (Wildman–Crippen MR) is 131 cm³/mol. The van der Waals surface area contributed by atoms with Crippen molar-refractivity contribution in [3.8, 4) is 5.69 Å². The molecule has 0 bridgehead atoms. The first-order valence-corrected chi connectivity index (χ1v) is 11.6. The van der Waals surface area contributed by atoms with Crippen molar-refractivity contribution in [3.63, 3.8) is 0 Å². The van der Waals surface area contributed by atoms with Crippen molar-refractivity contribution in [1.82, 2.24) is 20.0 Å². The van der Waals surface area contributed by atoms with E-state index < -0.39 is 0 Å². The number of carbonyl (C=O) groups is 2. The summed E-state index contributed by atoms with van der Waals surface area (Å²) in [6.45, 7) is 8.00. The average Bonchev–Trinajstić information content (AvgIpc) is 3.16. The number of anilines is 1. The quantitative estimate of drug-likeness (QED) is 0.538. The lowest BCUT2D eigenvalue weighted by Crippen LogP contribution is -2.38. The van der Waals surface area contributed by atoms with Gasteiger partial charge in [-0.2, -0.15) is 5.10 Å². The number of aromatic nitrogens is 2. The van der Waals surface area contributed by atoms with E-state index in [0.717, 1.165) is 55.5 Å². The van der Waals surface area contributed by atoms with Gasteiger partial charge in [0, 0.05) is 38.3 Å². The Hall–Kier alpha value is -3.49. The van der Waals surface area contributed by atoms with Gasteiger partial charge in [-0.25, -0.2) is 4.68 Å². The molecule has 0 unspecified atom stereocenters. The molecule has 2 aromatic carbocycles. The third kappa shape index (κ3) is 5.89. The molecule has 3 aromatic rings. The molecule has 1 aliphatic heterocycles. The summed E-state index contributed by atoms with van der Waals surface area (Å²) in [7, 11) is 0. The summed E-state index contributed by atoms with van der Waals surface area (Å²) in [4.78, 5) is 27.6. The number of carbonyl (C=O) groups excluding carboxylic acids is 2. The Balaban J connectivity index is 1.33. The summed E-state index contributed by atoms with van der Waals surface area (Å²) in [6.07, 6.45) is 0.435. The van der Waals surface area contributed by atoms with Crippen molar-refractivity contribution in [2.75, 3.05) is 38.2 Å². The van der Waals surface area contributed by atoms with E-state index in [0.29, 0.717) is 24.2 Å². The van der Waals surface area contributed by atoms with Gasteiger partial charge in [-0.15, -0.1) is 0 Å². The van der Waals surface area contributed by atoms with E-state index >= 15 is 0 Å². The molecule has 0 radical (unpaired) electrons. The van der Waals surface area contributed by atoms with Gasteiger partial charge < -0.3 is 15.4 Å². The van der Waals surface area contributed by atoms with Crippen LogP contribution in [0, 0.1) is 13.8 Å². The van der Waals surface area contributed by atoms with Crippen LogP contribution in [-0.2, 0) is 16.1 Å². The highest BCUT2D eigenvalue weighted by Gasteiger charge is 2.19. The maximum atomic E-state index is 13.0. The van der Waals surface area contributed by atoms with E-state index in [1.807, 2.05) is 68.4 Å². The monoisotopic (exact) mass is 461 g/mol. The molecule has 1 saturated heterocycles. The predicted octanol–water partition coefficient (Wildman–Crippen LogP) is 3.08. The smallest absolute Gasteiger partial charge is 0.255 e. The van der Waals surface area contributed by atoms with Gasteiger partial charge in [-0.05, 0) is 43.7 Å². The molecule has 1 aromatic heterocycles. The van der Waals surface area contributed by atoms with Crippen molar-refractivity contribution in [2.45, 2.75) is 26.8 Å². The van der Waals surface area contributed by atoms with Crippen LogP contribution in [0.25, 0.3) is 5.69 Å². The van der Waals surface area contributed by atoms with Gasteiger partial charge in [-0.3, -0.25) is 14.5 Å². The number of hydrogen-bond acceptors (Lipinski definition) is 5. The van der Waals surface area contributed by atoms with Gasteiger partial charge in [-0.1, -0.05) is 30.3 Å². The van der Waals surface area contributed by atoms with Crippen LogP contribution in [0.2, 0.25) is 0 Å². The zero-order chi connectivity index (χ0) is 23.9. The molecule has 8 nitrogen and oxygen atoms in total. The second-order valence-electron chi connectivity index (χ2n) is 8.43. The Labute approximate surface area is 199 Å². The van der Waals surface area contributed by atoms with E-state index in [1.54, 1.807) is 4.68 Å². The number of ether oxygens (including phenoxy) is 1. The lowest BCUT2D eigenvalue weighted by Gasteiger charge is -2.26. The molecule has 178 valence electrons. The zero-order valence-electron chi connectivity index (χ0n) is 19.7. The summed E-state index contributed by atoms with van der Waals surface area (Å²) in [5.41, 5.74) is 4.60. The SMILES string of the molecule is Cc1nn(-c2ccccc2)c(C)c1C(=O)NCc1cccc(NC(=O)CCN2CCOCC2)c1. The van der Waals surface area contributed by atoms with Crippen LogP contribution in [0.1, 0.15) is 33.7 Å². The Morgan fingerprint density at radius 2 is 1.79 bits per heavy atom. The van der Waals surface area contributed by atoms with Crippen LogP contribution in [0.3, 0.4) is 0 Å². The molecule has 1 fully saturated rings. The van der Waals surface area contributed by atoms with Crippen LogP contribution in [0.15, 0.2) is 54.6 Å². The second-order valence-corrected chi connectivity index (χ2v) is 8.43.